The van der Waals surface area contributed by atoms with Gasteiger partial charge in [-0.3, -0.25) is 0 Å². The third kappa shape index (κ3) is 2.53. The lowest BCUT2D eigenvalue weighted by Crippen LogP contribution is -2.31. The molecule has 1 saturated heterocycles. The average Bonchev–Trinajstić information content (AvgIpc) is 2.23. The molecule has 82 valence electrons. The Morgan fingerprint density at radius 2 is 2.13 bits per heavy atom. The molecule has 1 N–H and O–H groups in total. The molecule has 1 aromatic carbocycles. The van der Waals surface area contributed by atoms with E-state index in [1.807, 2.05) is 6.92 Å². The van der Waals surface area contributed by atoms with Gasteiger partial charge in [0.05, 0.1) is 0 Å². The van der Waals surface area contributed by atoms with Crippen LogP contribution in [0.2, 0.25) is 5.02 Å². The zero-order valence-corrected chi connectivity index (χ0v) is 10.1. The lowest BCUT2D eigenvalue weighted by molar-refractivity contribution is 0.333. The summed E-state index contributed by atoms with van der Waals surface area (Å²) >= 11 is 6.13. The van der Waals surface area contributed by atoms with Crippen molar-refractivity contribution >= 4 is 11.6 Å². The lowest BCUT2D eigenvalue weighted by Gasteiger charge is -2.28. The number of rotatable bonds is 1. The zero-order valence-electron chi connectivity index (χ0n) is 9.39. The second-order valence-electron chi connectivity index (χ2n) is 4.65. The molecule has 1 aliphatic heterocycles. The number of piperidine rings is 1. The molecule has 1 fully saturated rings. The van der Waals surface area contributed by atoms with E-state index in [1.165, 1.54) is 18.4 Å². The van der Waals surface area contributed by atoms with E-state index in [0.717, 1.165) is 23.0 Å². The average molecular weight is 224 g/mol. The van der Waals surface area contributed by atoms with Crippen LogP contribution in [0.3, 0.4) is 0 Å². The minimum atomic E-state index is 0.499. The Kier molecular flexibility index (Phi) is 3.32. The number of aryl methyl sites for hydroxylation is 1. The number of hydrogen-bond donors (Lipinski definition) is 1. The van der Waals surface area contributed by atoms with Crippen molar-refractivity contribution in [3.05, 3.63) is 34.3 Å². The number of halogens is 1. The highest BCUT2D eigenvalue weighted by molar-refractivity contribution is 6.31. The summed E-state index contributed by atoms with van der Waals surface area (Å²) in [6.45, 7) is 5.46. The van der Waals surface area contributed by atoms with Gasteiger partial charge >= 0.3 is 0 Å². The fraction of sp³-hybridized carbons (Fsp3) is 0.538. The van der Waals surface area contributed by atoms with Crippen LogP contribution in [0.4, 0.5) is 0 Å². The highest BCUT2D eigenvalue weighted by atomic mass is 35.5. The molecule has 0 radical (unpaired) electrons. The first-order valence-electron chi connectivity index (χ1n) is 5.66. The first kappa shape index (κ1) is 11.0. The first-order chi connectivity index (χ1) is 7.16. The van der Waals surface area contributed by atoms with Gasteiger partial charge < -0.3 is 5.32 Å². The van der Waals surface area contributed by atoms with Crippen LogP contribution in [0.15, 0.2) is 18.2 Å². The highest BCUT2D eigenvalue weighted by Gasteiger charge is 2.18. The third-order valence-corrected chi connectivity index (χ3v) is 3.67. The number of benzene rings is 1. The predicted molar refractivity (Wildman–Crippen MR) is 65.3 cm³/mol. The van der Waals surface area contributed by atoms with Crippen molar-refractivity contribution in [2.45, 2.75) is 32.7 Å². The summed E-state index contributed by atoms with van der Waals surface area (Å²) < 4.78 is 0. The number of nitrogens with one attached hydrogen (secondary N) is 1. The van der Waals surface area contributed by atoms with E-state index in [9.17, 15) is 0 Å². The van der Waals surface area contributed by atoms with E-state index in [1.54, 1.807) is 0 Å². The second-order valence-corrected chi connectivity index (χ2v) is 5.06. The van der Waals surface area contributed by atoms with Gasteiger partial charge in [0.2, 0.25) is 0 Å². The summed E-state index contributed by atoms with van der Waals surface area (Å²) in [5.74, 6) is 0.808. The normalized spacial score (nSPS) is 26.6. The fourth-order valence-corrected chi connectivity index (χ4v) is 2.30. The van der Waals surface area contributed by atoms with Crippen molar-refractivity contribution in [2.75, 3.05) is 6.54 Å². The highest BCUT2D eigenvalue weighted by Crippen LogP contribution is 2.28. The van der Waals surface area contributed by atoms with E-state index >= 15 is 0 Å². The summed E-state index contributed by atoms with van der Waals surface area (Å²) in [6.07, 6.45) is 2.53. The molecular weight excluding hydrogens is 206 g/mol. The van der Waals surface area contributed by atoms with E-state index in [2.05, 4.69) is 30.4 Å². The lowest BCUT2D eigenvalue weighted by atomic mass is 9.92. The van der Waals surface area contributed by atoms with Crippen LogP contribution in [0.5, 0.6) is 0 Å². The molecule has 0 aliphatic carbocycles. The molecule has 0 bridgehead atoms. The van der Waals surface area contributed by atoms with Crippen LogP contribution in [0.1, 0.15) is 36.9 Å². The van der Waals surface area contributed by atoms with E-state index in [0.29, 0.717) is 6.04 Å². The molecule has 0 unspecified atom stereocenters. The Morgan fingerprint density at radius 1 is 1.33 bits per heavy atom. The topological polar surface area (TPSA) is 12.0 Å². The van der Waals surface area contributed by atoms with Gasteiger partial charge in [0, 0.05) is 11.1 Å². The molecule has 0 aromatic heterocycles. The second kappa shape index (κ2) is 4.54. The monoisotopic (exact) mass is 223 g/mol. The first-order valence-corrected chi connectivity index (χ1v) is 6.04. The van der Waals surface area contributed by atoms with Gasteiger partial charge in [0.15, 0.2) is 0 Å². The SMILES string of the molecule is Cc1ccc([C@H]2CC[C@H](C)CN2)cc1Cl. The molecule has 0 spiro atoms. The van der Waals surface area contributed by atoms with Crippen molar-refractivity contribution in [1.29, 1.82) is 0 Å². The maximum atomic E-state index is 6.13. The maximum Gasteiger partial charge on any atom is 0.0438 e. The van der Waals surface area contributed by atoms with Gasteiger partial charge in [0.1, 0.15) is 0 Å². The van der Waals surface area contributed by atoms with Crippen molar-refractivity contribution in [1.82, 2.24) is 5.32 Å². The smallest absolute Gasteiger partial charge is 0.0438 e. The van der Waals surface area contributed by atoms with Gasteiger partial charge in [-0.05, 0) is 49.4 Å². The Morgan fingerprint density at radius 3 is 2.73 bits per heavy atom. The van der Waals surface area contributed by atoms with E-state index in [-0.39, 0.29) is 0 Å². The number of hydrogen-bond acceptors (Lipinski definition) is 1. The molecular formula is C13H18ClN. The molecule has 0 saturated carbocycles. The molecule has 2 heteroatoms. The van der Waals surface area contributed by atoms with Crippen LogP contribution in [-0.2, 0) is 0 Å². The summed E-state index contributed by atoms with van der Waals surface area (Å²) in [7, 11) is 0. The van der Waals surface area contributed by atoms with Gasteiger partial charge in [-0.25, -0.2) is 0 Å². The quantitative estimate of drug-likeness (QED) is 0.766. The van der Waals surface area contributed by atoms with Crippen LogP contribution in [-0.4, -0.2) is 6.54 Å². The molecule has 2 rings (SSSR count). The van der Waals surface area contributed by atoms with Crippen molar-refractivity contribution in [3.63, 3.8) is 0 Å². The van der Waals surface area contributed by atoms with E-state index in [4.69, 9.17) is 11.6 Å². The van der Waals surface area contributed by atoms with Crippen molar-refractivity contribution in [2.24, 2.45) is 5.92 Å². The molecule has 0 amide bonds. The van der Waals surface area contributed by atoms with Crippen LogP contribution >= 0.6 is 11.6 Å². The Hall–Kier alpha value is -0.530. The summed E-state index contributed by atoms with van der Waals surface area (Å²) in [6, 6.07) is 6.90. The molecule has 1 aliphatic rings. The van der Waals surface area contributed by atoms with E-state index < -0.39 is 0 Å². The molecule has 2 atom stereocenters. The minimum absolute atomic E-state index is 0.499. The molecule has 15 heavy (non-hydrogen) atoms. The van der Waals surface area contributed by atoms with Gasteiger partial charge in [-0.15, -0.1) is 0 Å². The third-order valence-electron chi connectivity index (χ3n) is 3.26. The minimum Gasteiger partial charge on any atom is -0.310 e. The van der Waals surface area contributed by atoms with Crippen LogP contribution in [0, 0.1) is 12.8 Å². The van der Waals surface area contributed by atoms with Crippen molar-refractivity contribution in [3.8, 4) is 0 Å². The zero-order chi connectivity index (χ0) is 10.8. The molecule has 1 heterocycles. The summed E-state index contributed by atoms with van der Waals surface area (Å²) in [5, 5.41) is 4.46. The maximum absolute atomic E-state index is 6.13. The predicted octanol–water partition coefficient (Wildman–Crippen LogP) is 3.71. The summed E-state index contributed by atoms with van der Waals surface area (Å²) in [5.41, 5.74) is 2.49. The largest absolute Gasteiger partial charge is 0.310 e. The van der Waals surface area contributed by atoms with Crippen molar-refractivity contribution < 1.29 is 0 Å². The molecule has 1 aromatic rings. The summed E-state index contributed by atoms with van der Waals surface area (Å²) in [4.78, 5) is 0. The standard InChI is InChI=1S/C13H18ClN/c1-9-3-6-13(15-8-9)11-5-4-10(2)12(14)7-11/h4-5,7,9,13,15H,3,6,8H2,1-2H3/t9-,13+/m0/s1. The van der Waals surface area contributed by atoms with Crippen LogP contribution in [0.25, 0.3) is 0 Å². The Bertz CT molecular complexity index is 340. The molecule has 1 nitrogen and oxygen atoms in total. The van der Waals surface area contributed by atoms with Gasteiger partial charge in [-0.2, -0.15) is 0 Å². The Balaban J connectivity index is 2.12. The van der Waals surface area contributed by atoms with Crippen LogP contribution < -0.4 is 5.32 Å². The Labute approximate surface area is 96.8 Å². The van der Waals surface area contributed by atoms with Gasteiger partial charge in [-0.1, -0.05) is 30.7 Å². The fourth-order valence-electron chi connectivity index (χ4n) is 2.11. The van der Waals surface area contributed by atoms with Gasteiger partial charge in [0.25, 0.3) is 0 Å².